The first-order valence-corrected chi connectivity index (χ1v) is 7.20. The van der Waals surface area contributed by atoms with Gasteiger partial charge in [-0.15, -0.1) is 0 Å². The molecule has 2 nitrogen and oxygen atoms in total. The molecule has 0 atom stereocenters. The number of rotatable bonds is 3. The molecule has 0 fully saturated rings. The van der Waals surface area contributed by atoms with Crippen LogP contribution in [0.4, 0.5) is 0 Å². The number of hydrogen-bond donors (Lipinski definition) is 0. The normalized spacial score (nSPS) is 12.1. The maximum Gasteiger partial charge on any atom is 0.163 e. The Labute approximate surface area is 125 Å². The molecule has 1 heterocycles. The molecule has 2 aromatic carbocycles. The van der Waals surface area contributed by atoms with Gasteiger partial charge in [-0.1, -0.05) is 31.7 Å². The van der Waals surface area contributed by atoms with Crippen molar-refractivity contribution in [2.75, 3.05) is 0 Å². The number of benzene rings is 2. The molecule has 1 aliphatic heterocycles. The Kier molecular flexibility index (Phi) is 3.38. The molecule has 3 rings (SSSR count). The highest BCUT2D eigenvalue weighted by molar-refractivity contribution is 5.98. The summed E-state index contributed by atoms with van der Waals surface area (Å²) < 4.78 is 5.85. The second kappa shape index (κ2) is 5.21. The summed E-state index contributed by atoms with van der Waals surface area (Å²) in [6.07, 6.45) is 2.35. The van der Waals surface area contributed by atoms with Gasteiger partial charge in [0, 0.05) is 17.5 Å². The van der Waals surface area contributed by atoms with E-state index in [1.54, 1.807) is 0 Å². The number of fused-ring (bicyclic) bond motifs is 3. The molecule has 2 heteroatoms. The monoisotopic (exact) mass is 278 g/mol. The molecule has 0 radical (unpaired) electrons. The second-order valence-electron chi connectivity index (χ2n) is 5.35. The van der Waals surface area contributed by atoms with Crippen LogP contribution >= 0.6 is 0 Å². The fourth-order valence-corrected chi connectivity index (χ4v) is 2.79. The van der Waals surface area contributed by atoms with Crippen LogP contribution in [0.25, 0.3) is 17.2 Å². The van der Waals surface area contributed by atoms with Gasteiger partial charge in [0.2, 0.25) is 0 Å². The van der Waals surface area contributed by atoms with Gasteiger partial charge in [0.25, 0.3) is 0 Å². The minimum Gasteiger partial charge on any atom is -0.488 e. The summed E-state index contributed by atoms with van der Waals surface area (Å²) in [4.78, 5) is 12.0. The molecule has 2 aromatic rings. The van der Waals surface area contributed by atoms with Crippen molar-refractivity contribution < 1.29 is 9.53 Å². The molecular weight excluding hydrogens is 260 g/mol. The van der Waals surface area contributed by atoms with E-state index in [4.69, 9.17) is 4.74 Å². The van der Waals surface area contributed by atoms with E-state index in [-0.39, 0.29) is 5.78 Å². The van der Waals surface area contributed by atoms with Gasteiger partial charge in [0.05, 0.1) is 0 Å². The zero-order chi connectivity index (χ0) is 15.0. The fourth-order valence-electron chi connectivity index (χ4n) is 2.79. The van der Waals surface area contributed by atoms with Gasteiger partial charge in [-0.3, -0.25) is 4.79 Å². The number of carbonyl (C=O) groups is 1. The van der Waals surface area contributed by atoms with Gasteiger partial charge < -0.3 is 4.74 Å². The highest BCUT2D eigenvalue weighted by Gasteiger charge is 2.20. The van der Waals surface area contributed by atoms with Crippen LogP contribution in [0, 0.1) is 6.92 Å². The van der Waals surface area contributed by atoms with Crippen molar-refractivity contribution in [2.45, 2.75) is 26.9 Å². The standard InChI is InChI=1S/C19H18O2/c1-4-13-6-7-15-14(9-13)11-21-19-10-16(18(20)5-2)12(3)8-17(15)19/h4,6-10H,1,5,11H2,2-3H3. The van der Waals surface area contributed by atoms with Crippen LogP contribution in [0.2, 0.25) is 0 Å². The average molecular weight is 278 g/mol. The molecule has 0 aliphatic carbocycles. The van der Waals surface area contributed by atoms with E-state index in [0.29, 0.717) is 13.0 Å². The van der Waals surface area contributed by atoms with Crippen LogP contribution in [0.5, 0.6) is 5.75 Å². The lowest BCUT2D eigenvalue weighted by molar-refractivity contribution is 0.0987. The predicted molar refractivity (Wildman–Crippen MR) is 85.7 cm³/mol. The summed E-state index contributed by atoms with van der Waals surface area (Å²) in [5.41, 5.74) is 6.27. The minimum absolute atomic E-state index is 0.159. The number of hydrogen-bond acceptors (Lipinski definition) is 2. The fraction of sp³-hybridized carbons (Fsp3) is 0.211. The zero-order valence-corrected chi connectivity index (χ0v) is 12.4. The molecular formula is C19H18O2. The van der Waals surface area contributed by atoms with Crippen molar-refractivity contribution in [3.8, 4) is 16.9 Å². The van der Waals surface area contributed by atoms with Crippen molar-refractivity contribution in [1.82, 2.24) is 0 Å². The van der Waals surface area contributed by atoms with E-state index >= 15 is 0 Å². The van der Waals surface area contributed by atoms with E-state index < -0.39 is 0 Å². The average Bonchev–Trinajstić information content (AvgIpc) is 2.52. The number of carbonyl (C=O) groups excluding carboxylic acids is 1. The summed E-state index contributed by atoms with van der Waals surface area (Å²) in [5, 5.41) is 0. The summed E-state index contributed by atoms with van der Waals surface area (Å²) >= 11 is 0. The Morgan fingerprint density at radius 2 is 2.10 bits per heavy atom. The van der Waals surface area contributed by atoms with E-state index in [9.17, 15) is 4.79 Å². The third-order valence-electron chi connectivity index (χ3n) is 3.99. The Hall–Kier alpha value is -2.35. The molecule has 0 aromatic heterocycles. The lowest BCUT2D eigenvalue weighted by Gasteiger charge is -2.22. The van der Waals surface area contributed by atoms with Gasteiger partial charge in [0.15, 0.2) is 5.78 Å². The largest absolute Gasteiger partial charge is 0.488 e. The van der Waals surface area contributed by atoms with E-state index in [1.165, 1.54) is 5.56 Å². The smallest absolute Gasteiger partial charge is 0.163 e. The lowest BCUT2D eigenvalue weighted by Crippen LogP contribution is -2.08. The SMILES string of the molecule is C=Cc1ccc2c(c1)COc1cc(C(=O)CC)c(C)cc1-2. The van der Waals surface area contributed by atoms with Gasteiger partial charge in [-0.25, -0.2) is 0 Å². The van der Waals surface area contributed by atoms with E-state index in [2.05, 4.69) is 30.8 Å². The summed E-state index contributed by atoms with van der Waals surface area (Å²) in [6.45, 7) is 8.20. The van der Waals surface area contributed by atoms with Crippen LogP contribution < -0.4 is 4.74 Å². The zero-order valence-electron chi connectivity index (χ0n) is 12.4. The maximum absolute atomic E-state index is 12.0. The Bertz CT molecular complexity index is 741. The molecule has 0 saturated carbocycles. The number of ketones is 1. The topological polar surface area (TPSA) is 26.3 Å². The van der Waals surface area contributed by atoms with Gasteiger partial charge >= 0.3 is 0 Å². The number of Topliss-reactive ketones (excluding diaryl/α,β-unsaturated/α-hetero) is 1. The maximum atomic E-state index is 12.0. The molecule has 21 heavy (non-hydrogen) atoms. The third-order valence-corrected chi connectivity index (χ3v) is 3.99. The summed E-state index contributed by atoms with van der Waals surface area (Å²) in [6, 6.07) is 10.2. The summed E-state index contributed by atoms with van der Waals surface area (Å²) in [5.74, 6) is 0.961. The van der Waals surface area contributed by atoms with Gasteiger partial charge in [-0.2, -0.15) is 0 Å². The second-order valence-corrected chi connectivity index (χ2v) is 5.35. The first-order valence-electron chi connectivity index (χ1n) is 7.20. The first kappa shape index (κ1) is 13.6. The van der Waals surface area contributed by atoms with Gasteiger partial charge in [0.1, 0.15) is 12.4 Å². The molecule has 0 unspecified atom stereocenters. The highest BCUT2D eigenvalue weighted by Crippen LogP contribution is 2.39. The molecule has 0 amide bonds. The third kappa shape index (κ3) is 2.27. The molecule has 0 N–H and O–H groups in total. The van der Waals surface area contributed by atoms with Gasteiger partial charge in [-0.05, 0) is 47.4 Å². The Balaban J connectivity index is 2.15. The van der Waals surface area contributed by atoms with Crippen LogP contribution in [0.15, 0.2) is 36.9 Å². The van der Waals surface area contributed by atoms with Crippen LogP contribution in [-0.2, 0) is 6.61 Å². The Morgan fingerprint density at radius 1 is 1.29 bits per heavy atom. The highest BCUT2D eigenvalue weighted by atomic mass is 16.5. The van der Waals surface area contributed by atoms with Crippen molar-refractivity contribution in [1.29, 1.82) is 0 Å². The van der Waals surface area contributed by atoms with Crippen molar-refractivity contribution in [2.24, 2.45) is 0 Å². The quantitative estimate of drug-likeness (QED) is 0.754. The van der Waals surface area contributed by atoms with Crippen molar-refractivity contribution in [3.05, 3.63) is 59.2 Å². The lowest BCUT2D eigenvalue weighted by atomic mass is 9.91. The molecule has 0 saturated heterocycles. The minimum atomic E-state index is 0.159. The van der Waals surface area contributed by atoms with Crippen LogP contribution in [0.3, 0.4) is 0 Å². The van der Waals surface area contributed by atoms with E-state index in [1.807, 2.05) is 26.0 Å². The van der Waals surface area contributed by atoms with Crippen molar-refractivity contribution in [3.63, 3.8) is 0 Å². The molecule has 0 bridgehead atoms. The van der Waals surface area contributed by atoms with E-state index in [0.717, 1.165) is 33.6 Å². The van der Waals surface area contributed by atoms with Crippen LogP contribution in [-0.4, -0.2) is 5.78 Å². The predicted octanol–water partition coefficient (Wildman–Crippen LogP) is 4.79. The molecule has 106 valence electrons. The number of ether oxygens (including phenoxy) is 1. The number of aryl methyl sites for hydroxylation is 1. The van der Waals surface area contributed by atoms with Crippen molar-refractivity contribution >= 4 is 11.9 Å². The molecule has 0 spiro atoms. The Morgan fingerprint density at radius 3 is 2.81 bits per heavy atom. The first-order chi connectivity index (χ1) is 10.1. The summed E-state index contributed by atoms with van der Waals surface area (Å²) in [7, 11) is 0. The van der Waals surface area contributed by atoms with Crippen LogP contribution in [0.1, 0.15) is 40.4 Å². The molecule has 1 aliphatic rings.